The molecule has 0 saturated carbocycles. The van der Waals surface area contributed by atoms with Crippen LogP contribution in [0.25, 0.3) is 0 Å². The summed E-state index contributed by atoms with van der Waals surface area (Å²) >= 11 is 5.49. The third kappa shape index (κ3) is 5.75. The van der Waals surface area contributed by atoms with Crippen molar-refractivity contribution in [2.75, 3.05) is 5.32 Å². The fourth-order valence-electron chi connectivity index (χ4n) is 2.62. The van der Waals surface area contributed by atoms with E-state index >= 15 is 0 Å². The normalized spacial score (nSPS) is 11.9. The number of thiocarbonyl (C=S) groups is 1. The maximum absolute atomic E-state index is 5.66. The summed E-state index contributed by atoms with van der Waals surface area (Å²) in [5, 5.41) is 7.29. The van der Waals surface area contributed by atoms with Gasteiger partial charge in [-0.2, -0.15) is 0 Å². The second-order valence-electron chi connectivity index (χ2n) is 6.59. The van der Waals surface area contributed by atoms with Crippen LogP contribution in [0.3, 0.4) is 0 Å². The molecule has 2 aromatic carbocycles. The molecule has 2 rings (SSSR count). The van der Waals surface area contributed by atoms with Gasteiger partial charge in [-0.15, -0.1) is 0 Å². The molecule has 0 saturated heterocycles. The molecule has 3 nitrogen and oxygen atoms in total. The number of hydrogen-bond donors (Lipinski definition) is 2. The van der Waals surface area contributed by atoms with Gasteiger partial charge in [-0.1, -0.05) is 25.1 Å². The minimum atomic E-state index is 0.171. The fraction of sp³-hybridized carbons (Fsp3) is 0.381. The van der Waals surface area contributed by atoms with E-state index in [4.69, 9.17) is 17.0 Å². The number of ether oxygens (including phenoxy) is 1. The molecule has 0 fully saturated rings. The van der Waals surface area contributed by atoms with Crippen LogP contribution in [0.4, 0.5) is 5.69 Å². The van der Waals surface area contributed by atoms with Gasteiger partial charge in [0.05, 0.1) is 12.1 Å². The van der Waals surface area contributed by atoms with Crippen LogP contribution in [0.2, 0.25) is 0 Å². The van der Waals surface area contributed by atoms with Gasteiger partial charge in [-0.05, 0) is 87.3 Å². The lowest BCUT2D eigenvalue weighted by Crippen LogP contribution is -2.32. The zero-order valence-electron chi connectivity index (χ0n) is 15.7. The molecule has 0 aliphatic heterocycles. The Bertz CT molecular complexity index is 710. The molecule has 0 aromatic heterocycles. The van der Waals surface area contributed by atoms with Crippen molar-refractivity contribution in [3.8, 4) is 5.75 Å². The van der Waals surface area contributed by atoms with Crippen molar-refractivity contribution < 1.29 is 4.74 Å². The first-order valence-electron chi connectivity index (χ1n) is 8.80. The highest BCUT2D eigenvalue weighted by Gasteiger charge is 2.11. The van der Waals surface area contributed by atoms with Crippen LogP contribution in [-0.2, 0) is 0 Å². The Morgan fingerprint density at radius 2 is 1.72 bits per heavy atom. The molecule has 0 aliphatic carbocycles. The van der Waals surface area contributed by atoms with Crippen molar-refractivity contribution in [3.63, 3.8) is 0 Å². The van der Waals surface area contributed by atoms with Crippen molar-refractivity contribution in [1.82, 2.24) is 5.32 Å². The van der Waals surface area contributed by atoms with Crippen LogP contribution in [0, 0.1) is 13.8 Å². The minimum absolute atomic E-state index is 0.171. The van der Waals surface area contributed by atoms with Gasteiger partial charge in [0.2, 0.25) is 0 Å². The lowest BCUT2D eigenvalue weighted by Gasteiger charge is -2.21. The second-order valence-corrected chi connectivity index (χ2v) is 7.00. The van der Waals surface area contributed by atoms with Crippen LogP contribution in [0.5, 0.6) is 5.75 Å². The van der Waals surface area contributed by atoms with Crippen LogP contribution in [-0.4, -0.2) is 11.2 Å². The molecular formula is C21H28N2OS. The van der Waals surface area contributed by atoms with E-state index in [0.717, 1.165) is 17.9 Å². The highest BCUT2D eigenvalue weighted by atomic mass is 32.1. The Hall–Kier alpha value is -2.07. The van der Waals surface area contributed by atoms with Crippen LogP contribution >= 0.6 is 12.2 Å². The summed E-state index contributed by atoms with van der Waals surface area (Å²) < 4.78 is 5.66. The maximum atomic E-state index is 5.66. The molecule has 0 heterocycles. The van der Waals surface area contributed by atoms with Crippen LogP contribution < -0.4 is 15.4 Å². The average Bonchev–Trinajstić information content (AvgIpc) is 2.56. The topological polar surface area (TPSA) is 33.3 Å². The smallest absolute Gasteiger partial charge is 0.171 e. The Labute approximate surface area is 156 Å². The van der Waals surface area contributed by atoms with Gasteiger partial charge in [-0.25, -0.2) is 0 Å². The lowest BCUT2D eigenvalue weighted by molar-refractivity contribution is 0.242. The van der Waals surface area contributed by atoms with Gasteiger partial charge in [0.1, 0.15) is 5.75 Å². The van der Waals surface area contributed by atoms with Crippen LogP contribution in [0.1, 0.15) is 49.9 Å². The molecule has 2 aromatic rings. The predicted octanol–water partition coefficient (Wildman–Crippen LogP) is 5.53. The van der Waals surface area contributed by atoms with Crippen LogP contribution in [0.15, 0.2) is 42.5 Å². The van der Waals surface area contributed by atoms with Crippen molar-refractivity contribution >= 4 is 23.0 Å². The summed E-state index contributed by atoms with van der Waals surface area (Å²) in [6.07, 6.45) is 1.13. The first-order chi connectivity index (χ1) is 11.9. The van der Waals surface area contributed by atoms with Crippen molar-refractivity contribution in [1.29, 1.82) is 0 Å². The van der Waals surface area contributed by atoms with E-state index in [-0.39, 0.29) is 12.1 Å². The zero-order chi connectivity index (χ0) is 18.4. The lowest BCUT2D eigenvalue weighted by atomic mass is 9.99. The maximum Gasteiger partial charge on any atom is 0.171 e. The summed E-state index contributed by atoms with van der Waals surface area (Å²) in [5.74, 6) is 0.862. The monoisotopic (exact) mass is 356 g/mol. The summed E-state index contributed by atoms with van der Waals surface area (Å²) in [4.78, 5) is 0. The second kappa shape index (κ2) is 8.86. The molecule has 2 N–H and O–H groups in total. The number of aryl methyl sites for hydroxylation is 2. The molecular weight excluding hydrogens is 328 g/mol. The first-order valence-corrected chi connectivity index (χ1v) is 9.21. The largest absolute Gasteiger partial charge is 0.491 e. The van der Waals surface area contributed by atoms with Crippen molar-refractivity contribution in [2.45, 2.75) is 53.2 Å². The summed E-state index contributed by atoms with van der Waals surface area (Å²) in [7, 11) is 0. The van der Waals surface area contributed by atoms with Gasteiger partial charge in [0.25, 0.3) is 0 Å². The third-order valence-corrected chi connectivity index (χ3v) is 4.35. The zero-order valence-corrected chi connectivity index (χ0v) is 16.5. The van der Waals surface area contributed by atoms with E-state index in [1.165, 1.54) is 16.7 Å². The van der Waals surface area contributed by atoms with Gasteiger partial charge in [-0.3, -0.25) is 0 Å². The Morgan fingerprint density at radius 1 is 1.04 bits per heavy atom. The average molecular weight is 357 g/mol. The van der Waals surface area contributed by atoms with Gasteiger partial charge >= 0.3 is 0 Å². The first kappa shape index (κ1) is 19.3. The highest BCUT2D eigenvalue weighted by Crippen LogP contribution is 2.21. The highest BCUT2D eigenvalue weighted by molar-refractivity contribution is 7.80. The standard InChI is InChI=1S/C21H28N2OS/c1-6-20(17-8-7-15(4)16(5)13-17)23-21(25)22-18-9-11-19(12-10-18)24-14(2)3/h7-14,20H,6H2,1-5H3,(H2,22,23,25). The van der Waals surface area contributed by atoms with E-state index in [2.05, 4.69) is 49.6 Å². The summed E-state index contributed by atoms with van der Waals surface area (Å²) in [6.45, 7) is 10.5. The molecule has 1 atom stereocenters. The summed E-state index contributed by atoms with van der Waals surface area (Å²) in [5.41, 5.74) is 4.82. The molecule has 0 amide bonds. The van der Waals surface area contributed by atoms with Gasteiger partial charge < -0.3 is 15.4 Å². The Balaban J connectivity index is 1.98. The van der Waals surface area contributed by atoms with Gasteiger partial charge in [0.15, 0.2) is 5.11 Å². The predicted molar refractivity (Wildman–Crippen MR) is 111 cm³/mol. The quantitative estimate of drug-likeness (QED) is 0.667. The molecule has 4 heteroatoms. The molecule has 134 valence electrons. The molecule has 25 heavy (non-hydrogen) atoms. The molecule has 0 spiro atoms. The number of hydrogen-bond acceptors (Lipinski definition) is 2. The number of anilines is 1. The number of nitrogens with one attached hydrogen (secondary N) is 2. The molecule has 0 aliphatic rings. The molecule has 0 bridgehead atoms. The van der Waals surface area contributed by atoms with E-state index in [0.29, 0.717) is 5.11 Å². The Morgan fingerprint density at radius 3 is 2.28 bits per heavy atom. The van der Waals surface area contributed by atoms with Crippen molar-refractivity contribution in [2.24, 2.45) is 0 Å². The third-order valence-electron chi connectivity index (χ3n) is 4.13. The van der Waals surface area contributed by atoms with Crippen molar-refractivity contribution in [3.05, 3.63) is 59.2 Å². The minimum Gasteiger partial charge on any atom is -0.491 e. The van der Waals surface area contributed by atoms with E-state index in [9.17, 15) is 0 Å². The number of benzene rings is 2. The van der Waals surface area contributed by atoms with E-state index in [1.807, 2.05) is 38.1 Å². The SMILES string of the molecule is CCC(NC(=S)Nc1ccc(OC(C)C)cc1)c1ccc(C)c(C)c1. The molecule has 0 radical (unpaired) electrons. The summed E-state index contributed by atoms with van der Waals surface area (Å²) in [6, 6.07) is 14.6. The van der Waals surface area contributed by atoms with E-state index in [1.54, 1.807) is 0 Å². The van der Waals surface area contributed by atoms with Gasteiger partial charge in [0, 0.05) is 5.69 Å². The van der Waals surface area contributed by atoms with E-state index < -0.39 is 0 Å². The molecule has 1 unspecified atom stereocenters. The fourth-order valence-corrected chi connectivity index (χ4v) is 2.88. The Kier molecular flexibility index (Phi) is 6.82. The number of rotatable bonds is 6.